The van der Waals surface area contributed by atoms with Crippen LogP contribution >= 0.6 is 0 Å². The topological polar surface area (TPSA) is 191 Å². The summed E-state index contributed by atoms with van der Waals surface area (Å²) in [5.74, 6) is -3.59. The highest BCUT2D eigenvalue weighted by molar-refractivity contribution is 6.12. The average molecular weight is 606 g/mol. The highest BCUT2D eigenvalue weighted by Crippen LogP contribution is 2.24. The van der Waals surface area contributed by atoms with Crippen LogP contribution in [-0.4, -0.2) is 82.6 Å². The second kappa shape index (κ2) is 18.0. The molecule has 0 saturated heterocycles. The summed E-state index contributed by atoms with van der Waals surface area (Å²) in [5.41, 5.74) is 0. The van der Waals surface area contributed by atoms with E-state index in [2.05, 4.69) is 21.3 Å². The van der Waals surface area contributed by atoms with Gasteiger partial charge in [0.1, 0.15) is 18.1 Å². The lowest BCUT2D eigenvalue weighted by molar-refractivity contribution is -0.142. The zero-order valence-corrected chi connectivity index (χ0v) is 25.5. The third-order valence-corrected chi connectivity index (χ3v) is 7.76. The third kappa shape index (κ3) is 12.2. The van der Waals surface area contributed by atoms with E-state index in [1.54, 1.807) is 13.8 Å². The van der Waals surface area contributed by atoms with E-state index < -0.39 is 35.9 Å². The molecule has 2 rings (SSSR count). The van der Waals surface area contributed by atoms with Crippen molar-refractivity contribution in [3.05, 3.63) is 12.2 Å². The highest BCUT2D eigenvalue weighted by atomic mass is 16.4. The maximum absolute atomic E-state index is 12.9. The molecule has 1 saturated carbocycles. The normalized spacial score (nSPS) is 17.1. The number of hydrogen-bond acceptors (Lipinski definition) is 7. The zero-order chi connectivity index (χ0) is 31.9. The SMILES string of the molecule is CC(NC(=O)[C@@H](NC(=O)CCCCCN1C(=O)C=CC1=O)C(C)C)C(=O)NC(CCCCNC(=O)C1CCCC1)C(=O)O. The van der Waals surface area contributed by atoms with E-state index in [9.17, 15) is 38.7 Å². The Morgan fingerprint density at radius 2 is 1.51 bits per heavy atom. The van der Waals surface area contributed by atoms with Gasteiger partial charge >= 0.3 is 5.97 Å². The van der Waals surface area contributed by atoms with Crippen LogP contribution in [-0.2, 0) is 33.6 Å². The number of nitrogens with zero attached hydrogens (tertiary/aromatic N) is 1. The molecule has 0 bridgehead atoms. The van der Waals surface area contributed by atoms with Crippen LogP contribution in [0.2, 0.25) is 0 Å². The summed E-state index contributed by atoms with van der Waals surface area (Å²) in [5, 5.41) is 20.2. The summed E-state index contributed by atoms with van der Waals surface area (Å²) in [6.45, 7) is 5.68. The minimum atomic E-state index is -1.19. The molecule has 1 fully saturated rings. The minimum absolute atomic E-state index is 0.0457. The van der Waals surface area contributed by atoms with Gasteiger partial charge in [-0.25, -0.2) is 4.79 Å². The lowest BCUT2D eigenvalue weighted by atomic mass is 10.0. The van der Waals surface area contributed by atoms with Crippen LogP contribution in [0.4, 0.5) is 0 Å². The van der Waals surface area contributed by atoms with Crippen LogP contribution in [0.25, 0.3) is 0 Å². The Morgan fingerprint density at radius 1 is 0.860 bits per heavy atom. The maximum atomic E-state index is 12.9. The first-order valence-corrected chi connectivity index (χ1v) is 15.3. The molecule has 3 atom stereocenters. The molecule has 0 radical (unpaired) electrons. The minimum Gasteiger partial charge on any atom is -0.480 e. The van der Waals surface area contributed by atoms with Gasteiger partial charge in [0.25, 0.3) is 11.8 Å². The molecule has 6 amide bonds. The van der Waals surface area contributed by atoms with Gasteiger partial charge in [-0.1, -0.05) is 33.1 Å². The van der Waals surface area contributed by atoms with Gasteiger partial charge in [-0.05, 0) is 57.8 Å². The molecule has 240 valence electrons. The fourth-order valence-electron chi connectivity index (χ4n) is 5.10. The monoisotopic (exact) mass is 605 g/mol. The van der Waals surface area contributed by atoms with Crippen molar-refractivity contribution in [3.63, 3.8) is 0 Å². The van der Waals surface area contributed by atoms with Crippen molar-refractivity contribution in [3.8, 4) is 0 Å². The molecule has 0 spiro atoms. The quantitative estimate of drug-likeness (QED) is 0.107. The van der Waals surface area contributed by atoms with Gasteiger partial charge in [-0.3, -0.25) is 33.7 Å². The molecule has 13 nitrogen and oxygen atoms in total. The van der Waals surface area contributed by atoms with Gasteiger partial charge in [0.05, 0.1) is 0 Å². The van der Waals surface area contributed by atoms with Gasteiger partial charge < -0.3 is 26.4 Å². The van der Waals surface area contributed by atoms with Crippen LogP contribution in [0, 0.1) is 11.8 Å². The predicted molar refractivity (Wildman–Crippen MR) is 157 cm³/mol. The first kappa shape index (κ1) is 35.4. The summed E-state index contributed by atoms with van der Waals surface area (Å²) < 4.78 is 0. The number of amides is 6. The molecule has 1 aliphatic heterocycles. The molecule has 5 N–H and O–H groups in total. The van der Waals surface area contributed by atoms with Crippen molar-refractivity contribution in [2.24, 2.45) is 11.8 Å². The second-order valence-corrected chi connectivity index (χ2v) is 11.7. The molecule has 0 aromatic heterocycles. The van der Waals surface area contributed by atoms with Crippen molar-refractivity contribution in [1.29, 1.82) is 0 Å². The van der Waals surface area contributed by atoms with E-state index in [1.807, 2.05) is 0 Å². The van der Waals surface area contributed by atoms with Gasteiger partial charge in [0, 0.05) is 37.6 Å². The molecule has 2 aliphatic rings. The number of carboxylic acid groups (broad SMARTS) is 1. The maximum Gasteiger partial charge on any atom is 0.326 e. The Kier molecular flexibility index (Phi) is 14.8. The largest absolute Gasteiger partial charge is 0.480 e. The first-order valence-electron chi connectivity index (χ1n) is 15.3. The number of carboxylic acids is 1. The Balaban J connectivity index is 1.70. The molecule has 1 heterocycles. The molecule has 0 aromatic rings. The fourth-order valence-corrected chi connectivity index (χ4v) is 5.10. The number of aliphatic carboxylic acids is 1. The molecule has 2 unspecified atom stereocenters. The van der Waals surface area contributed by atoms with E-state index in [0.29, 0.717) is 38.6 Å². The van der Waals surface area contributed by atoms with Crippen LogP contribution in [0.15, 0.2) is 12.2 Å². The van der Waals surface area contributed by atoms with E-state index in [1.165, 1.54) is 19.1 Å². The van der Waals surface area contributed by atoms with Crippen molar-refractivity contribution < 1.29 is 38.7 Å². The fraction of sp³-hybridized carbons (Fsp3) is 0.700. The average Bonchev–Trinajstić information content (AvgIpc) is 3.60. The van der Waals surface area contributed by atoms with E-state index in [0.717, 1.165) is 30.6 Å². The number of rotatable bonds is 19. The number of unbranched alkanes of at least 4 members (excludes halogenated alkanes) is 3. The molecule has 0 aromatic carbocycles. The van der Waals surface area contributed by atoms with E-state index in [-0.39, 0.29) is 54.9 Å². The highest BCUT2D eigenvalue weighted by Gasteiger charge is 2.29. The van der Waals surface area contributed by atoms with Crippen LogP contribution in [0.1, 0.15) is 91.4 Å². The number of carbonyl (C=O) groups excluding carboxylic acids is 6. The molecule has 1 aliphatic carbocycles. The first-order chi connectivity index (χ1) is 20.4. The lowest BCUT2D eigenvalue weighted by Gasteiger charge is -2.24. The van der Waals surface area contributed by atoms with E-state index >= 15 is 0 Å². The molecular weight excluding hydrogens is 558 g/mol. The summed E-state index contributed by atoms with van der Waals surface area (Å²) in [4.78, 5) is 86.2. The standard InChI is InChI=1S/C30H47N5O8/c1-19(2)26(34-23(36)14-5-4-10-18-35-24(37)15-16-25(35)38)29(41)32-20(3)27(39)33-22(30(42)43)13-8-9-17-31-28(40)21-11-6-7-12-21/h15-16,19-22,26H,4-14,17-18H2,1-3H3,(H,31,40)(H,32,41)(H,33,39)(H,34,36)(H,42,43)/t20?,22?,26-/m0/s1. The van der Waals surface area contributed by atoms with Gasteiger partial charge in [-0.15, -0.1) is 0 Å². The van der Waals surface area contributed by atoms with Crippen LogP contribution in [0.3, 0.4) is 0 Å². The third-order valence-electron chi connectivity index (χ3n) is 7.76. The van der Waals surface area contributed by atoms with Gasteiger partial charge in [0.2, 0.25) is 23.6 Å². The second-order valence-electron chi connectivity index (χ2n) is 11.7. The van der Waals surface area contributed by atoms with Gasteiger partial charge in [0.15, 0.2) is 0 Å². The zero-order valence-electron chi connectivity index (χ0n) is 25.5. The van der Waals surface area contributed by atoms with Crippen molar-refractivity contribution in [1.82, 2.24) is 26.2 Å². The predicted octanol–water partition coefficient (Wildman–Crippen LogP) is 1.16. The number of carbonyl (C=O) groups is 7. The van der Waals surface area contributed by atoms with Crippen molar-refractivity contribution in [2.45, 2.75) is 110 Å². The Morgan fingerprint density at radius 3 is 2.12 bits per heavy atom. The molecule has 13 heteroatoms. The Hall–Kier alpha value is -3.77. The van der Waals surface area contributed by atoms with Crippen molar-refractivity contribution >= 4 is 41.4 Å². The summed E-state index contributed by atoms with van der Waals surface area (Å²) in [6.07, 6.45) is 9.46. The summed E-state index contributed by atoms with van der Waals surface area (Å²) in [7, 11) is 0. The molecule has 43 heavy (non-hydrogen) atoms. The lowest BCUT2D eigenvalue weighted by Crippen LogP contribution is -2.56. The van der Waals surface area contributed by atoms with E-state index in [4.69, 9.17) is 0 Å². The summed E-state index contributed by atoms with van der Waals surface area (Å²) in [6, 6.07) is -3.08. The Bertz CT molecular complexity index is 1040. The number of imide groups is 1. The Labute approximate surface area is 253 Å². The smallest absolute Gasteiger partial charge is 0.326 e. The number of nitrogens with one attached hydrogen (secondary N) is 4. The van der Waals surface area contributed by atoms with Crippen LogP contribution in [0.5, 0.6) is 0 Å². The van der Waals surface area contributed by atoms with Gasteiger partial charge in [-0.2, -0.15) is 0 Å². The summed E-state index contributed by atoms with van der Waals surface area (Å²) >= 11 is 0. The molecular formula is C30H47N5O8. The van der Waals surface area contributed by atoms with Crippen molar-refractivity contribution in [2.75, 3.05) is 13.1 Å². The van der Waals surface area contributed by atoms with Crippen LogP contribution < -0.4 is 21.3 Å². The number of hydrogen-bond donors (Lipinski definition) is 5.